The van der Waals surface area contributed by atoms with Gasteiger partial charge in [0.15, 0.2) is 0 Å². The summed E-state index contributed by atoms with van der Waals surface area (Å²) < 4.78 is 0. The van der Waals surface area contributed by atoms with E-state index >= 15 is 0 Å². The molecule has 0 saturated carbocycles. The molecular weight excluding hydrogens is 271 g/mol. The average Bonchev–Trinajstić information content (AvgIpc) is 2.37. The Kier molecular flexibility index (Phi) is 3.84. The van der Waals surface area contributed by atoms with Gasteiger partial charge in [-0.2, -0.15) is 0 Å². The Labute approximate surface area is 115 Å². The number of rotatable bonds is 2. The van der Waals surface area contributed by atoms with E-state index in [9.17, 15) is 4.79 Å². The molecule has 0 aliphatic heterocycles. The molecule has 1 aromatic carbocycles. The van der Waals surface area contributed by atoms with E-state index in [0.29, 0.717) is 10.7 Å². The number of carbonyl (C=O) groups is 1. The third-order valence-electron chi connectivity index (χ3n) is 2.45. The molecule has 1 heterocycles. The quantitative estimate of drug-likeness (QED) is 0.787. The number of anilines is 1. The fourth-order valence-corrected chi connectivity index (χ4v) is 1.96. The summed E-state index contributed by atoms with van der Waals surface area (Å²) in [6.45, 7) is 0. The standard InChI is InChI=1S/C13H10Cl2N2O/c1-17(11-7-3-2-5-9(11)14)13(18)10-6-4-8-12(15)16-10/h2-8H,1H3. The summed E-state index contributed by atoms with van der Waals surface area (Å²) in [5.74, 6) is -0.259. The number of hydrogen-bond acceptors (Lipinski definition) is 2. The molecule has 1 aromatic heterocycles. The van der Waals surface area contributed by atoms with Gasteiger partial charge in [-0.25, -0.2) is 4.98 Å². The van der Waals surface area contributed by atoms with Gasteiger partial charge in [-0.3, -0.25) is 4.79 Å². The van der Waals surface area contributed by atoms with Crippen molar-refractivity contribution in [2.45, 2.75) is 0 Å². The van der Waals surface area contributed by atoms with Gasteiger partial charge in [0.2, 0.25) is 0 Å². The van der Waals surface area contributed by atoms with Gasteiger partial charge >= 0.3 is 0 Å². The Morgan fingerprint density at radius 1 is 1.11 bits per heavy atom. The second-order valence-electron chi connectivity index (χ2n) is 3.66. The van der Waals surface area contributed by atoms with E-state index in [1.54, 1.807) is 37.4 Å². The topological polar surface area (TPSA) is 33.2 Å². The maximum absolute atomic E-state index is 12.2. The van der Waals surface area contributed by atoms with Gasteiger partial charge in [0.25, 0.3) is 5.91 Å². The zero-order chi connectivity index (χ0) is 13.1. The van der Waals surface area contributed by atoms with Gasteiger partial charge in [-0.15, -0.1) is 0 Å². The molecule has 3 nitrogen and oxygen atoms in total. The minimum Gasteiger partial charge on any atom is -0.309 e. The number of amides is 1. The highest BCUT2D eigenvalue weighted by molar-refractivity contribution is 6.34. The van der Waals surface area contributed by atoms with Crippen molar-refractivity contribution < 1.29 is 4.79 Å². The largest absolute Gasteiger partial charge is 0.309 e. The van der Waals surface area contributed by atoms with Crippen LogP contribution in [-0.2, 0) is 0 Å². The number of carbonyl (C=O) groups excluding carboxylic acids is 1. The number of aromatic nitrogens is 1. The van der Waals surface area contributed by atoms with Crippen LogP contribution in [0.1, 0.15) is 10.5 Å². The first kappa shape index (κ1) is 12.9. The van der Waals surface area contributed by atoms with Crippen LogP contribution in [0.4, 0.5) is 5.69 Å². The fourth-order valence-electron chi connectivity index (χ4n) is 1.53. The van der Waals surface area contributed by atoms with Crippen LogP contribution in [0.15, 0.2) is 42.5 Å². The maximum atomic E-state index is 12.2. The molecule has 92 valence electrons. The van der Waals surface area contributed by atoms with E-state index in [2.05, 4.69) is 4.98 Å². The molecule has 0 spiro atoms. The highest BCUT2D eigenvalue weighted by Gasteiger charge is 2.16. The summed E-state index contributed by atoms with van der Waals surface area (Å²) in [4.78, 5) is 17.6. The molecule has 2 rings (SSSR count). The Bertz CT molecular complexity index is 587. The van der Waals surface area contributed by atoms with Gasteiger partial charge < -0.3 is 4.90 Å². The Morgan fingerprint density at radius 3 is 2.50 bits per heavy atom. The lowest BCUT2D eigenvalue weighted by atomic mass is 10.2. The summed E-state index contributed by atoms with van der Waals surface area (Å²) in [6, 6.07) is 12.0. The second-order valence-corrected chi connectivity index (χ2v) is 4.46. The molecule has 0 unspecified atom stereocenters. The molecule has 0 saturated heterocycles. The highest BCUT2D eigenvalue weighted by atomic mass is 35.5. The fraction of sp³-hybridized carbons (Fsp3) is 0.0769. The summed E-state index contributed by atoms with van der Waals surface area (Å²) in [5.41, 5.74) is 0.913. The molecule has 2 aromatic rings. The minimum absolute atomic E-state index is 0.259. The number of pyridine rings is 1. The molecule has 1 amide bonds. The van der Waals surface area contributed by atoms with Crippen molar-refractivity contribution in [3.63, 3.8) is 0 Å². The van der Waals surface area contributed by atoms with Crippen LogP contribution in [0.25, 0.3) is 0 Å². The van der Waals surface area contributed by atoms with Crippen LogP contribution in [-0.4, -0.2) is 17.9 Å². The predicted molar refractivity (Wildman–Crippen MR) is 73.4 cm³/mol. The lowest BCUT2D eigenvalue weighted by molar-refractivity contribution is 0.0988. The van der Waals surface area contributed by atoms with E-state index in [1.165, 1.54) is 4.90 Å². The molecule has 0 atom stereocenters. The van der Waals surface area contributed by atoms with Gasteiger partial charge in [-0.05, 0) is 24.3 Å². The van der Waals surface area contributed by atoms with Crippen LogP contribution in [0.5, 0.6) is 0 Å². The monoisotopic (exact) mass is 280 g/mol. The molecule has 0 fully saturated rings. The molecule has 18 heavy (non-hydrogen) atoms. The number of nitrogens with zero attached hydrogens (tertiary/aromatic N) is 2. The number of para-hydroxylation sites is 1. The summed E-state index contributed by atoms with van der Waals surface area (Å²) in [5, 5.41) is 0.795. The highest BCUT2D eigenvalue weighted by Crippen LogP contribution is 2.25. The first-order valence-corrected chi connectivity index (χ1v) is 6.00. The minimum atomic E-state index is -0.259. The van der Waals surface area contributed by atoms with E-state index in [4.69, 9.17) is 23.2 Å². The van der Waals surface area contributed by atoms with E-state index in [1.807, 2.05) is 12.1 Å². The number of hydrogen-bond donors (Lipinski definition) is 0. The van der Waals surface area contributed by atoms with Crippen molar-refractivity contribution >= 4 is 34.8 Å². The Hall–Kier alpha value is -1.58. The molecule has 0 aliphatic carbocycles. The maximum Gasteiger partial charge on any atom is 0.276 e. The smallest absolute Gasteiger partial charge is 0.276 e. The van der Waals surface area contributed by atoms with Gasteiger partial charge in [-0.1, -0.05) is 41.4 Å². The van der Waals surface area contributed by atoms with Gasteiger partial charge in [0.05, 0.1) is 10.7 Å². The Morgan fingerprint density at radius 2 is 1.83 bits per heavy atom. The lowest BCUT2D eigenvalue weighted by Gasteiger charge is -2.18. The van der Waals surface area contributed by atoms with E-state index < -0.39 is 0 Å². The van der Waals surface area contributed by atoms with Gasteiger partial charge in [0.1, 0.15) is 10.8 Å². The van der Waals surface area contributed by atoms with Crippen LogP contribution in [0.3, 0.4) is 0 Å². The van der Waals surface area contributed by atoms with Crippen LogP contribution >= 0.6 is 23.2 Å². The third kappa shape index (κ3) is 2.63. The summed E-state index contributed by atoms with van der Waals surface area (Å²) >= 11 is 11.8. The third-order valence-corrected chi connectivity index (χ3v) is 2.98. The zero-order valence-corrected chi connectivity index (χ0v) is 11.1. The van der Waals surface area contributed by atoms with Crippen LogP contribution < -0.4 is 4.90 Å². The zero-order valence-electron chi connectivity index (χ0n) is 9.60. The first-order chi connectivity index (χ1) is 8.59. The van der Waals surface area contributed by atoms with Crippen LogP contribution in [0, 0.1) is 0 Å². The predicted octanol–water partition coefficient (Wildman–Crippen LogP) is 3.67. The molecule has 5 heteroatoms. The Balaban J connectivity index is 2.32. The normalized spacial score (nSPS) is 10.2. The van der Waals surface area contributed by atoms with Crippen molar-refractivity contribution in [1.82, 2.24) is 4.98 Å². The SMILES string of the molecule is CN(C(=O)c1cccc(Cl)n1)c1ccccc1Cl. The molecule has 0 N–H and O–H groups in total. The van der Waals surface area contributed by atoms with Crippen molar-refractivity contribution in [1.29, 1.82) is 0 Å². The van der Waals surface area contributed by atoms with Crippen molar-refractivity contribution in [2.75, 3.05) is 11.9 Å². The molecule has 0 radical (unpaired) electrons. The first-order valence-electron chi connectivity index (χ1n) is 5.25. The average molecular weight is 281 g/mol. The summed E-state index contributed by atoms with van der Waals surface area (Å²) in [6.07, 6.45) is 0. The second kappa shape index (κ2) is 5.38. The molecular formula is C13H10Cl2N2O. The van der Waals surface area contributed by atoms with Crippen molar-refractivity contribution in [2.24, 2.45) is 0 Å². The lowest BCUT2D eigenvalue weighted by Crippen LogP contribution is -2.27. The summed E-state index contributed by atoms with van der Waals surface area (Å²) in [7, 11) is 1.64. The molecule has 0 aliphatic rings. The number of benzene rings is 1. The van der Waals surface area contributed by atoms with Gasteiger partial charge in [0, 0.05) is 7.05 Å². The van der Waals surface area contributed by atoms with Crippen molar-refractivity contribution in [3.8, 4) is 0 Å². The van der Waals surface area contributed by atoms with Crippen molar-refractivity contribution in [3.05, 3.63) is 58.3 Å². The van der Waals surface area contributed by atoms with E-state index in [0.717, 1.165) is 0 Å². The van der Waals surface area contributed by atoms with Crippen LogP contribution in [0.2, 0.25) is 10.2 Å². The molecule has 0 bridgehead atoms. The number of halogens is 2. The van der Waals surface area contributed by atoms with E-state index in [-0.39, 0.29) is 16.8 Å².